The number of nitrogens with two attached hydrogens (primary N) is 2. The number of nitrogen functional groups attached to an aromatic ring is 2. The fraction of sp³-hybridized carbons (Fsp3) is 0.377. The number of halogens is 1. The van der Waals surface area contributed by atoms with E-state index < -0.39 is 28.8 Å². The largest absolute Gasteiger partial charge is 0.496 e. The molecule has 0 unspecified atom stereocenters. The monoisotopic (exact) mass is 1950 g/mol. The Kier molecular flexibility index (Phi) is 32.2. The summed E-state index contributed by atoms with van der Waals surface area (Å²) in [4.78, 5) is 208. The average Bonchev–Trinajstić information content (AvgIpc) is 1.59. The lowest BCUT2D eigenvalue weighted by atomic mass is 10.0. The highest BCUT2D eigenvalue weighted by Gasteiger charge is 2.48. The van der Waals surface area contributed by atoms with Crippen LogP contribution >= 0.6 is 11.6 Å². The standard InChI is InChI=1S/C17H19NO3.C17H19NO2.C16H16ClNO2.C16H16N2O4.C16H16N2O3.C16H18N2O2.C16H17NO2/c1-11-5-3-7-14(15(19)9-11)18-10-13-12(17(18)20)6-4-8-16(13)21-2;1-11-5-3-8-15(16(19)9-11)18-10-14-12(2)6-4-7-13(14)17(18)20;1-10-4-2-7-14(15(19)8-10)18-9-12-11(16(18)20)5-3-6-13(12)17;1-10-4-2-7-14(15(19)8-10)17-9-12-11(16(17)20)5-3-6-13(12)18(21)22;1-9-4-2-7-12(13(19)8-9)18-15(20)10-5-3-6-11(17)14(10)16(18)21;1-10-4-2-7-14(15(19)8-10)18-9-12-11(16(18)20)5-3-6-13(12)17;1-11-5-4-8-14(15(18)9-11)17-10-12-6-2-3-7-13(12)16(17)19/h4,6,8,14H,1,3,5,7,9-10H2,2H3;4,6-7,15H,1,3,5,8-10H2,2H3;3,5-6,14H,1-2,4,7-9H2;3,5-6,14H,1-2,4,7-9H2;3,5-6,12H,1-2,4,7-8,17H2;3,5-6,14H,1-2,4,7-9,17H2;2-3,6-7,14H,1,4-5,8-10H2/t14-;15-;2*14-;12-;2*14-/m0000100/s1. The number of hydrogen-bond donors (Lipinski definition) is 2. The maximum atomic E-state index is 12.6. The van der Waals surface area contributed by atoms with Crippen molar-refractivity contribution in [3.8, 4) is 5.75 Å². The van der Waals surface area contributed by atoms with Gasteiger partial charge in [-0.05, 0) is 225 Å². The van der Waals surface area contributed by atoms with Crippen molar-refractivity contribution in [2.24, 2.45) is 0 Å². The fourth-order valence-corrected chi connectivity index (χ4v) is 22.2. The van der Waals surface area contributed by atoms with E-state index in [1.165, 1.54) is 17.0 Å². The second-order valence-corrected chi connectivity index (χ2v) is 39.8. The van der Waals surface area contributed by atoms with Gasteiger partial charge in [0.1, 0.15) is 5.75 Å². The highest BCUT2D eigenvalue weighted by atomic mass is 35.5. The number of carbonyl (C=O) groups is 15. The molecule has 0 bridgehead atoms. The molecule has 0 radical (unpaired) electrons. The summed E-state index contributed by atoms with van der Waals surface area (Å²) >= 11 is 6.15. The predicted octanol–water partition coefficient (Wildman–Crippen LogP) is 18.7. The van der Waals surface area contributed by atoms with Gasteiger partial charge in [-0.1, -0.05) is 157 Å². The Morgan fingerprint density at radius 1 is 0.315 bits per heavy atom. The molecule has 7 atom stereocenters. The molecular weight excluding hydrogens is 1830 g/mol. The van der Waals surface area contributed by atoms with E-state index in [1.54, 1.807) is 98.3 Å². The molecule has 7 fully saturated rings. The van der Waals surface area contributed by atoms with E-state index in [9.17, 15) is 82.0 Å². The van der Waals surface area contributed by atoms with Crippen molar-refractivity contribution in [2.75, 3.05) is 18.6 Å². The number of Topliss-reactive ketones (excluding diaryl/α,β-unsaturated/α-hetero) is 7. The Balaban J connectivity index is 0.000000126. The Labute approximate surface area is 837 Å². The zero-order chi connectivity index (χ0) is 102. The van der Waals surface area contributed by atoms with Crippen LogP contribution in [0.25, 0.3) is 0 Å². The number of allylic oxidation sites excluding steroid dienone is 7. The highest BCUT2D eigenvalue weighted by Crippen LogP contribution is 2.43. The van der Waals surface area contributed by atoms with Crippen LogP contribution in [0.15, 0.2) is 219 Å². The third-order valence-electron chi connectivity index (χ3n) is 29.6. The Morgan fingerprint density at radius 3 is 0.993 bits per heavy atom. The summed E-state index contributed by atoms with van der Waals surface area (Å²) in [6, 6.07) is 36.2. The lowest BCUT2D eigenvalue weighted by Gasteiger charge is -2.25. The van der Waals surface area contributed by atoms with Crippen molar-refractivity contribution >= 4 is 116 Å². The molecule has 8 amide bonds. The average molecular weight is 1950 g/mol. The van der Waals surface area contributed by atoms with Gasteiger partial charge in [-0.15, -0.1) is 0 Å². The maximum absolute atomic E-state index is 12.6. The van der Waals surface area contributed by atoms with Crippen molar-refractivity contribution in [3.63, 3.8) is 0 Å². The van der Waals surface area contributed by atoms with Crippen molar-refractivity contribution < 1.29 is 81.6 Å². The van der Waals surface area contributed by atoms with E-state index in [4.69, 9.17) is 27.8 Å². The number of anilines is 2. The number of nitro benzene ring substituents is 1. The van der Waals surface area contributed by atoms with Crippen molar-refractivity contribution in [3.05, 3.63) is 317 Å². The lowest BCUT2D eigenvalue weighted by Crippen LogP contribution is -2.44. The van der Waals surface area contributed by atoms with Gasteiger partial charge in [-0.2, -0.15) is 0 Å². The Hall–Kier alpha value is -14.5. The SMILES string of the molecule is C=C1CCC[C@@H](N2C(=O)c3cccc(N)c3C2=O)C(=O)C1.C=C1CCC[C@H](N2Cc3c(C)cccc3C2=O)C(=O)C1.C=C1CCC[C@H](N2Cc3c(Cl)cccc3C2=O)C(=O)C1.C=C1CCC[C@H](N2Cc3c(N)cccc3C2=O)C(=O)C1.C=C1CCC[C@H](N2Cc3c(OC)cccc3C2=O)C(=O)C1.C=C1CCC[C@H](N2Cc3c(cccc3[N+](=O)[O-])C2=O)C(=O)C1.C=C1CCC[C@H](N2Cc3ccccc3C2=O)C(=O)C1. The minimum absolute atomic E-state index is 0.00135. The zero-order valence-corrected chi connectivity index (χ0v) is 81.9. The summed E-state index contributed by atoms with van der Waals surface area (Å²) in [5.74, 6) is -0.190. The van der Waals surface area contributed by atoms with E-state index in [1.807, 2.05) is 61.5 Å². The van der Waals surface area contributed by atoms with E-state index in [0.29, 0.717) is 122 Å². The van der Waals surface area contributed by atoms with Gasteiger partial charge in [0.25, 0.3) is 52.9 Å². The molecule has 143 heavy (non-hydrogen) atoms. The third kappa shape index (κ3) is 22.2. The first-order valence-corrected chi connectivity index (χ1v) is 49.6. The van der Waals surface area contributed by atoms with Crippen molar-refractivity contribution in [1.29, 1.82) is 0 Å². The Morgan fingerprint density at radius 2 is 0.608 bits per heavy atom. The Bertz CT molecular complexity index is 6280. The van der Waals surface area contributed by atoms with Crippen LogP contribution in [0.2, 0.25) is 5.02 Å². The summed E-state index contributed by atoms with van der Waals surface area (Å²) in [5, 5.41) is 11.7. The summed E-state index contributed by atoms with van der Waals surface area (Å²) in [6.07, 6.45) is 19.4. The number of fused-ring (bicyclic) bond motifs is 7. The number of imide groups is 1. The van der Waals surface area contributed by atoms with Gasteiger partial charge in [0.05, 0.1) is 89.7 Å². The molecule has 7 aliphatic heterocycles. The smallest absolute Gasteiger partial charge is 0.275 e. The van der Waals surface area contributed by atoms with Crippen LogP contribution in [0, 0.1) is 17.0 Å². The number of amides is 8. The maximum Gasteiger partial charge on any atom is 0.275 e. The van der Waals surface area contributed by atoms with Gasteiger partial charge < -0.3 is 45.6 Å². The predicted molar refractivity (Wildman–Crippen MR) is 541 cm³/mol. The topological polar surface area (TPSA) is 383 Å². The summed E-state index contributed by atoms with van der Waals surface area (Å²) in [5.41, 5.74) is 29.8. The number of ether oxygens (including phenoxy) is 1. The summed E-state index contributed by atoms with van der Waals surface area (Å²) in [6.45, 7) is 32.0. The number of benzene rings is 7. The quantitative estimate of drug-likeness (QED) is 0.0338. The molecule has 14 aliphatic rings. The molecule has 7 heterocycles. The van der Waals surface area contributed by atoms with Crippen LogP contribution in [-0.4, -0.2) is 176 Å². The van der Waals surface area contributed by atoms with Crippen molar-refractivity contribution in [2.45, 2.75) is 268 Å². The second kappa shape index (κ2) is 44.7. The minimum Gasteiger partial charge on any atom is -0.496 e. The van der Waals surface area contributed by atoms with Gasteiger partial charge in [0.2, 0.25) is 0 Å². The molecule has 0 aromatic heterocycles. The molecule has 742 valence electrons. The van der Waals surface area contributed by atoms with E-state index in [0.717, 1.165) is 210 Å². The number of nitrogens with zero attached hydrogens (tertiary/aromatic N) is 8. The highest BCUT2D eigenvalue weighted by molar-refractivity contribution is 6.32. The molecule has 0 spiro atoms. The minimum atomic E-state index is -0.698. The first kappa shape index (κ1) is 103. The van der Waals surface area contributed by atoms with E-state index in [2.05, 4.69) is 46.1 Å². The number of methoxy groups -OCH3 is 1. The van der Waals surface area contributed by atoms with E-state index >= 15 is 0 Å². The molecule has 29 heteroatoms. The van der Waals surface area contributed by atoms with Crippen LogP contribution in [0.1, 0.15) is 302 Å². The van der Waals surface area contributed by atoms with E-state index in [-0.39, 0.29) is 148 Å². The molecule has 21 rings (SSSR count). The molecule has 7 saturated carbocycles. The third-order valence-corrected chi connectivity index (χ3v) is 29.9. The first-order valence-electron chi connectivity index (χ1n) is 49.2. The molecular formula is C114H121ClN10O18. The van der Waals surface area contributed by atoms with Gasteiger partial charge in [0, 0.05) is 138 Å². The molecule has 7 aromatic rings. The van der Waals surface area contributed by atoms with Gasteiger partial charge >= 0.3 is 0 Å². The van der Waals surface area contributed by atoms with Crippen LogP contribution in [0.4, 0.5) is 17.1 Å². The number of hydrogen-bond acceptors (Lipinski definition) is 20. The zero-order valence-electron chi connectivity index (χ0n) is 81.2. The molecule has 28 nitrogen and oxygen atoms in total. The number of rotatable bonds is 9. The molecule has 0 saturated heterocycles. The van der Waals surface area contributed by atoms with Gasteiger partial charge in [-0.3, -0.25) is 86.9 Å². The van der Waals surface area contributed by atoms with Gasteiger partial charge in [-0.25, -0.2) is 0 Å². The molecule has 7 aliphatic carbocycles. The number of ketones is 7. The van der Waals surface area contributed by atoms with Crippen LogP contribution < -0.4 is 16.2 Å². The second-order valence-electron chi connectivity index (χ2n) is 39.4. The number of nitro groups is 1. The van der Waals surface area contributed by atoms with Crippen LogP contribution in [0.3, 0.4) is 0 Å². The summed E-state index contributed by atoms with van der Waals surface area (Å²) in [7, 11) is 1.60. The number of aryl methyl sites for hydroxylation is 1. The lowest BCUT2D eigenvalue weighted by molar-refractivity contribution is -0.385. The van der Waals surface area contributed by atoms with Crippen molar-refractivity contribution in [1.82, 2.24) is 34.3 Å². The number of carbonyl (C=O) groups excluding carboxylic acids is 15. The summed E-state index contributed by atoms with van der Waals surface area (Å²) < 4.78 is 5.33. The molecule has 4 N–H and O–H groups in total. The molecule has 7 aromatic carbocycles. The fourth-order valence-electron chi connectivity index (χ4n) is 22.0. The normalized spacial score (nSPS) is 22.7. The van der Waals surface area contributed by atoms with Crippen LogP contribution in [-0.2, 0) is 72.8 Å². The van der Waals surface area contributed by atoms with Crippen LogP contribution in [0.5, 0.6) is 5.75 Å². The first-order chi connectivity index (χ1) is 68.5. The van der Waals surface area contributed by atoms with Gasteiger partial charge in [0.15, 0.2) is 40.5 Å².